The van der Waals surface area contributed by atoms with Gasteiger partial charge in [-0.2, -0.15) is 0 Å². The second kappa shape index (κ2) is 6.61. The quantitative estimate of drug-likeness (QED) is 0.695. The van der Waals surface area contributed by atoms with Gasteiger partial charge in [0.25, 0.3) is 11.8 Å². The number of halogens is 1. The van der Waals surface area contributed by atoms with Crippen LogP contribution in [0.5, 0.6) is 0 Å². The topological polar surface area (TPSA) is 62.6 Å². The zero-order chi connectivity index (χ0) is 18.1. The smallest absolute Gasteiger partial charge is 0.278 e. The molecule has 26 heavy (non-hydrogen) atoms. The van der Waals surface area contributed by atoms with Crippen LogP contribution in [0.25, 0.3) is 5.57 Å². The number of amides is 2. The Morgan fingerprint density at radius 3 is 2.65 bits per heavy atom. The Balaban J connectivity index is 1.73. The molecule has 3 aromatic rings. The van der Waals surface area contributed by atoms with E-state index < -0.39 is 17.6 Å². The monoisotopic (exact) mass is 368 g/mol. The molecular formula is C19H13FN2O3S. The van der Waals surface area contributed by atoms with Crippen molar-refractivity contribution in [3.8, 4) is 0 Å². The van der Waals surface area contributed by atoms with Crippen molar-refractivity contribution in [1.82, 2.24) is 4.90 Å². The van der Waals surface area contributed by atoms with Crippen LogP contribution in [0, 0.1) is 5.82 Å². The van der Waals surface area contributed by atoms with Crippen molar-refractivity contribution in [1.29, 1.82) is 0 Å². The molecule has 0 radical (unpaired) electrons. The van der Waals surface area contributed by atoms with Crippen LogP contribution < -0.4 is 5.32 Å². The second-order valence-electron chi connectivity index (χ2n) is 5.64. The van der Waals surface area contributed by atoms with E-state index in [1.54, 1.807) is 30.3 Å². The number of carbonyl (C=O) groups excluding carboxylic acids is 2. The van der Waals surface area contributed by atoms with Crippen molar-refractivity contribution in [2.75, 3.05) is 5.32 Å². The molecule has 2 aromatic heterocycles. The molecule has 0 aliphatic carbocycles. The summed E-state index contributed by atoms with van der Waals surface area (Å²) in [4.78, 5) is 27.6. The number of carbonyl (C=O) groups is 2. The molecule has 4 rings (SSSR count). The fraction of sp³-hybridized carbons (Fsp3) is 0.0526. The number of hydrogen-bond acceptors (Lipinski definition) is 5. The summed E-state index contributed by atoms with van der Waals surface area (Å²) in [6.45, 7) is 0.0356. The molecular weight excluding hydrogens is 355 g/mol. The summed E-state index contributed by atoms with van der Waals surface area (Å²) >= 11 is 1.36. The predicted octanol–water partition coefficient (Wildman–Crippen LogP) is 3.87. The Hall–Kier alpha value is -3.19. The molecule has 0 saturated heterocycles. The third kappa shape index (κ3) is 2.93. The van der Waals surface area contributed by atoms with Gasteiger partial charge in [0.05, 0.1) is 18.4 Å². The number of anilines is 1. The fourth-order valence-corrected chi connectivity index (χ4v) is 3.52. The second-order valence-corrected chi connectivity index (χ2v) is 6.59. The highest BCUT2D eigenvalue weighted by atomic mass is 32.1. The molecule has 0 fully saturated rings. The molecule has 0 atom stereocenters. The van der Waals surface area contributed by atoms with Crippen LogP contribution in [0.15, 0.2) is 70.3 Å². The van der Waals surface area contributed by atoms with Crippen molar-refractivity contribution in [3.63, 3.8) is 0 Å². The number of rotatable bonds is 5. The van der Waals surface area contributed by atoms with Gasteiger partial charge in [-0.3, -0.25) is 14.5 Å². The predicted molar refractivity (Wildman–Crippen MR) is 95.5 cm³/mol. The van der Waals surface area contributed by atoms with E-state index in [0.717, 1.165) is 4.90 Å². The van der Waals surface area contributed by atoms with Crippen molar-refractivity contribution in [3.05, 3.63) is 82.3 Å². The van der Waals surface area contributed by atoms with E-state index >= 15 is 0 Å². The maximum atomic E-state index is 13.5. The number of furan rings is 1. The number of benzene rings is 1. The van der Waals surface area contributed by atoms with Gasteiger partial charge in [0.15, 0.2) is 0 Å². The number of thiophene rings is 1. The van der Waals surface area contributed by atoms with Crippen LogP contribution in [0.3, 0.4) is 0 Å². The van der Waals surface area contributed by atoms with Crippen LogP contribution in [0.2, 0.25) is 0 Å². The van der Waals surface area contributed by atoms with Crippen molar-refractivity contribution >= 4 is 34.4 Å². The normalized spacial score (nSPS) is 14.4. The van der Waals surface area contributed by atoms with Gasteiger partial charge < -0.3 is 9.73 Å². The Morgan fingerprint density at radius 1 is 1.08 bits per heavy atom. The van der Waals surface area contributed by atoms with Gasteiger partial charge in [0, 0.05) is 10.6 Å². The molecule has 3 heterocycles. The van der Waals surface area contributed by atoms with E-state index in [1.165, 1.54) is 35.8 Å². The largest absolute Gasteiger partial charge is 0.467 e. The van der Waals surface area contributed by atoms with Crippen LogP contribution in [0.4, 0.5) is 10.1 Å². The van der Waals surface area contributed by atoms with Gasteiger partial charge >= 0.3 is 0 Å². The van der Waals surface area contributed by atoms with Gasteiger partial charge in [0.1, 0.15) is 17.3 Å². The summed E-state index contributed by atoms with van der Waals surface area (Å²) in [5, 5.41) is 4.74. The highest BCUT2D eigenvalue weighted by molar-refractivity contribution is 7.11. The van der Waals surface area contributed by atoms with Gasteiger partial charge in [-0.25, -0.2) is 4.39 Å². The highest BCUT2D eigenvalue weighted by Crippen LogP contribution is 2.33. The minimum absolute atomic E-state index is 0.0356. The average Bonchev–Trinajstić information content (AvgIpc) is 3.35. The first-order valence-electron chi connectivity index (χ1n) is 7.83. The molecule has 1 aromatic carbocycles. The first kappa shape index (κ1) is 16.3. The maximum Gasteiger partial charge on any atom is 0.278 e. The Bertz CT molecular complexity index is 994. The van der Waals surface area contributed by atoms with Crippen LogP contribution >= 0.6 is 11.3 Å². The molecule has 1 aliphatic rings. The SMILES string of the molecule is O=C1C(Nc2cccc(F)c2)=C(c2cccs2)C(=O)N1Cc1ccco1. The van der Waals surface area contributed by atoms with Crippen molar-refractivity contribution in [2.24, 2.45) is 0 Å². The minimum atomic E-state index is -0.473. The molecule has 1 aliphatic heterocycles. The number of hydrogen-bond donors (Lipinski definition) is 1. The van der Waals surface area contributed by atoms with Crippen LogP contribution in [-0.2, 0) is 16.1 Å². The average molecular weight is 368 g/mol. The van der Waals surface area contributed by atoms with E-state index in [4.69, 9.17) is 4.42 Å². The lowest BCUT2D eigenvalue weighted by Gasteiger charge is -2.13. The van der Waals surface area contributed by atoms with E-state index in [-0.39, 0.29) is 17.8 Å². The first-order chi connectivity index (χ1) is 12.6. The lowest BCUT2D eigenvalue weighted by atomic mass is 10.2. The highest BCUT2D eigenvalue weighted by Gasteiger charge is 2.40. The van der Waals surface area contributed by atoms with E-state index in [1.807, 2.05) is 5.38 Å². The van der Waals surface area contributed by atoms with E-state index in [0.29, 0.717) is 16.3 Å². The molecule has 0 unspecified atom stereocenters. The summed E-state index contributed by atoms with van der Waals surface area (Å²) in [6.07, 6.45) is 1.49. The standard InChI is InChI=1S/C19H13FN2O3S/c20-12-4-1-5-13(10-12)21-17-16(15-7-3-9-26-15)18(23)22(19(17)24)11-14-6-2-8-25-14/h1-10,21H,11H2. The summed E-state index contributed by atoms with van der Waals surface area (Å²) < 4.78 is 18.7. The Kier molecular flexibility index (Phi) is 4.14. The van der Waals surface area contributed by atoms with Crippen molar-refractivity contribution < 1.29 is 18.4 Å². The van der Waals surface area contributed by atoms with Gasteiger partial charge in [-0.1, -0.05) is 12.1 Å². The summed E-state index contributed by atoms with van der Waals surface area (Å²) in [7, 11) is 0. The molecule has 0 spiro atoms. The number of imide groups is 1. The summed E-state index contributed by atoms with van der Waals surface area (Å²) in [6, 6.07) is 12.7. The summed E-state index contributed by atoms with van der Waals surface area (Å²) in [5.41, 5.74) is 0.811. The third-order valence-corrected chi connectivity index (χ3v) is 4.81. The molecule has 5 nitrogen and oxygen atoms in total. The van der Waals surface area contributed by atoms with Crippen molar-refractivity contribution in [2.45, 2.75) is 6.54 Å². The van der Waals surface area contributed by atoms with Crippen LogP contribution in [-0.4, -0.2) is 16.7 Å². The first-order valence-corrected chi connectivity index (χ1v) is 8.71. The van der Waals surface area contributed by atoms with Crippen LogP contribution in [0.1, 0.15) is 10.6 Å². The zero-order valence-corrected chi connectivity index (χ0v) is 14.3. The van der Waals surface area contributed by atoms with Gasteiger partial charge in [-0.15, -0.1) is 11.3 Å². The lowest BCUT2D eigenvalue weighted by molar-refractivity contribution is -0.137. The number of nitrogens with zero attached hydrogens (tertiary/aromatic N) is 1. The van der Waals surface area contributed by atoms with Gasteiger partial charge in [-0.05, 0) is 41.8 Å². The molecule has 7 heteroatoms. The molecule has 2 amide bonds. The lowest BCUT2D eigenvalue weighted by Crippen LogP contribution is -2.31. The zero-order valence-electron chi connectivity index (χ0n) is 13.4. The molecule has 0 bridgehead atoms. The molecule has 130 valence electrons. The maximum absolute atomic E-state index is 13.5. The van der Waals surface area contributed by atoms with Gasteiger partial charge in [0.2, 0.25) is 0 Å². The van der Waals surface area contributed by atoms with E-state index in [9.17, 15) is 14.0 Å². The Morgan fingerprint density at radius 2 is 1.96 bits per heavy atom. The summed E-state index contributed by atoms with van der Waals surface area (Å²) in [5.74, 6) is -0.812. The Labute approximate surface area is 152 Å². The third-order valence-electron chi connectivity index (χ3n) is 3.92. The fourth-order valence-electron chi connectivity index (χ4n) is 2.75. The molecule has 1 N–H and O–H groups in total. The number of nitrogens with one attached hydrogen (secondary N) is 1. The molecule has 0 saturated carbocycles. The van der Waals surface area contributed by atoms with E-state index in [2.05, 4.69) is 5.32 Å². The minimum Gasteiger partial charge on any atom is -0.467 e.